The summed E-state index contributed by atoms with van der Waals surface area (Å²) in [5.41, 5.74) is 3.15. The van der Waals surface area contributed by atoms with Gasteiger partial charge in [-0.05, 0) is 48.9 Å². The first-order valence-corrected chi connectivity index (χ1v) is 8.47. The molecular formula is C20H21FN4O2. The summed E-state index contributed by atoms with van der Waals surface area (Å²) in [6.07, 6.45) is 0. The number of nitrogens with one attached hydrogen (secondary N) is 3. The maximum atomic E-state index is 13.1. The number of carbonyl (C=O) groups is 2. The van der Waals surface area contributed by atoms with Crippen molar-refractivity contribution in [2.24, 2.45) is 0 Å². The number of benzene rings is 2. The Morgan fingerprint density at radius 1 is 1.07 bits per heavy atom. The Morgan fingerprint density at radius 3 is 2.30 bits per heavy atom. The van der Waals surface area contributed by atoms with Gasteiger partial charge in [-0.15, -0.1) is 0 Å². The van der Waals surface area contributed by atoms with Crippen LogP contribution in [0.25, 0.3) is 0 Å². The highest BCUT2D eigenvalue weighted by atomic mass is 19.1. The maximum absolute atomic E-state index is 13.1. The van der Waals surface area contributed by atoms with Crippen LogP contribution in [-0.4, -0.2) is 26.0 Å². The molecule has 27 heavy (non-hydrogen) atoms. The summed E-state index contributed by atoms with van der Waals surface area (Å²) in [7, 11) is 3.87. The van der Waals surface area contributed by atoms with E-state index in [4.69, 9.17) is 0 Å². The molecule has 140 valence electrons. The quantitative estimate of drug-likeness (QED) is 0.776. The minimum absolute atomic E-state index is 0.367. The van der Waals surface area contributed by atoms with Crippen molar-refractivity contribution in [1.82, 2.24) is 10.6 Å². The maximum Gasteiger partial charge on any atom is 0.319 e. The zero-order valence-corrected chi connectivity index (χ0v) is 15.3. The number of amides is 3. The summed E-state index contributed by atoms with van der Waals surface area (Å²) >= 11 is 0. The van der Waals surface area contributed by atoms with Crippen LogP contribution in [0, 0.1) is 5.82 Å². The smallest absolute Gasteiger partial charge is 0.319 e. The van der Waals surface area contributed by atoms with Crippen LogP contribution in [-0.2, 0) is 4.79 Å². The first kappa shape index (κ1) is 18.4. The summed E-state index contributed by atoms with van der Waals surface area (Å²) in [6.45, 7) is 1.68. The molecule has 2 aromatic rings. The number of rotatable bonds is 4. The second kappa shape index (κ2) is 7.49. The minimum atomic E-state index is -0.588. The molecule has 0 saturated carbocycles. The Kier molecular flexibility index (Phi) is 5.12. The number of nitrogens with zero attached hydrogens (tertiary/aromatic N) is 1. The molecule has 1 aliphatic rings. The summed E-state index contributed by atoms with van der Waals surface area (Å²) in [5, 5.41) is 8.18. The zero-order chi connectivity index (χ0) is 19.6. The average Bonchev–Trinajstić information content (AvgIpc) is 2.63. The minimum Gasteiger partial charge on any atom is -0.378 e. The van der Waals surface area contributed by atoms with Crippen LogP contribution in [0.3, 0.4) is 0 Å². The van der Waals surface area contributed by atoms with Crippen molar-refractivity contribution >= 4 is 23.3 Å². The van der Waals surface area contributed by atoms with E-state index in [1.165, 1.54) is 24.3 Å². The molecule has 7 heteroatoms. The normalized spacial score (nSPS) is 16.4. The van der Waals surface area contributed by atoms with Crippen molar-refractivity contribution in [1.29, 1.82) is 0 Å². The van der Waals surface area contributed by atoms with Gasteiger partial charge in [0.15, 0.2) is 0 Å². The highest BCUT2D eigenvalue weighted by molar-refractivity contribution is 6.06. The Morgan fingerprint density at radius 2 is 1.70 bits per heavy atom. The molecule has 3 rings (SSSR count). The van der Waals surface area contributed by atoms with E-state index in [2.05, 4.69) is 16.0 Å². The Labute approximate surface area is 157 Å². The molecule has 0 saturated heterocycles. The third-order valence-corrected chi connectivity index (χ3v) is 4.36. The lowest BCUT2D eigenvalue weighted by atomic mass is 9.94. The van der Waals surface area contributed by atoms with E-state index in [0.717, 1.165) is 11.3 Å². The topological polar surface area (TPSA) is 73.5 Å². The fourth-order valence-electron chi connectivity index (χ4n) is 2.94. The molecule has 0 aromatic heterocycles. The standard InChI is InChI=1S/C20H21FN4O2/c1-12-17(19(26)23-15-8-6-14(21)7-9-15)18(24-20(27)22-12)13-4-10-16(11-5-13)25(2)3/h4-11,18H,1-3H3,(H,23,26)(H2,22,24,27)/t18-/m0/s1. The lowest BCUT2D eigenvalue weighted by Gasteiger charge is -2.29. The largest absolute Gasteiger partial charge is 0.378 e. The van der Waals surface area contributed by atoms with E-state index in [0.29, 0.717) is 17.0 Å². The summed E-state index contributed by atoms with van der Waals surface area (Å²) < 4.78 is 13.1. The van der Waals surface area contributed by atoms with Crippen LogP contribution >= 0.6 is 0 Å². The third-order valence-electron chi connectivity index (χ3n) is 4.36. The summed E-state index contributed by atoms with van der Waals surface area (Å²) in [5.74, 6) is -0.748. The van der Waals surface area contributed by atoms with E-state index >= 15 is 0 Å². The number of allylic oxidation sites excluding steroid dienone is 1. The molecule has 6 nitrogen and oxygen atoms in total. The molecule has 0 aliphatic carbocycles. The van der Waals surface area contributed by atoms with E-state index in [9.17, 15) is 14.0 Å². The molecule has 0 fully saturated rings. The van der Waals surface area contributed by atoms with Crippen LogP contribution in [0.2, 0.25) is 0 Å². The number of hydrogen-bond acceptors (Lipinski definition) is 3. The van der Waals surface area contributed by atoms with Gasteiger partial charge in [-0.2, -0.15) is 0 Å². The van der Waals surface area contributed by atoms with E-state index < -0.39 is 6.04 Å². The molecule has 3 amide bonds. The zero-order valence-electron chi connectivity index (χ0n) is 15.3. The number of urea groups is 1. The van der Waals surface area contributed by atoms with Gasteiger partial charge in [0.25, 0.3) is 5.91 Å². The van der Waals surface area contributed by atoms with Crippen molar-refractivity contribution in [3.8, 4) is 0 Å². The van der Waals surface area contributed by atoms with Gasteiger partial charge in [0.1, 0.15) is 5.82 Å². The number of anilines is 2. The van der Waals surface area contributed by atoms with Crippen LogP contribution < -0.4 is 20.9 Å². The van der Waals surface area contributed by atoms with Crippen LogP contribution in [0.15, 0.2) is 59.8 Å². The molecule has 2 aromatic carbocycles. The predicted molar refractivity (Wildman–Crippen MR) is 103 cm³/mol. The highest BCUT2D eigenvalue weighted by Gasteiger charge is 2.31. The highest BCUT2D eigenvalue weighted by Crippen LogP contribution is 2.29. The fraction of sp³-hybridized carbons (Fsp3) is 0.200. The number of halogens is 1. The summed E-state index contributed by atoms with van der Waals surface area (Å²) in [6, 6.07) is 12.2. The van der Waals surface area contributed by atoms with E-state index in [1.807, 2.05) is 43.3 Å². The van der Waals surface area contributed by atoms with Crippen molar-refractivity contribution in [3.05, 3.63) is 71.2 Å². The third kappa shape index (κ3) is 4.08. The van der Waals surface area contributed by atoms with E-state index in [-0.39, 0.29) is 17.8 Å². The number of carbonyl (C=O) groups excluding carboxylic acids is 2. The van der Waals surface area contributed by atoms with Gasteiger partial charge in [0.05, 0.1) is 11.6 Å². The summed E-state index contributed by atoms with van der Waals surface area (Å²) in [4.78, 5) is 26.8. The first-order valence-electron chi connectivity index (χ1n) is 8.47. The van der Waals surface area contributed by atoms with Crippen LogP contribution in [0.5, 0.6) is 0 Å². The first-order chi connectivity index (χ1) is 12.8. The van der Waals surface area contributed by atoms with Crippen LogP contribution in [0.1, 0.15) is 18.5 Å². The van der Waals surface area contributed by atoms with Crippen molar-refractivity contribution in [2.75, 3.05) is 24.3 Å². The SMILES string of the molecule is CC1=C(C(=O)Nc2ccc(F)cc2)[C@H](c2ccc(N(C)C)cc2)NC(=O)N1. The molecule has 1 aliphatic heterocycles. The molecule has 0 spiro atoms. The molecule has 0 radical (unpaired) electrons. The lowest BCUT2D eigenvalue weighted by Crippen LogP contribution is -2.45. The molecule has 0 bridgehead atoms. The lowest BCUT2D eigenvalue weighted by molar-refractivity contribution is -0.113. The molecular weight excluding hydrogens is 347 g/mol. The molecule has 0 unspecified atom stereocenters. The van der Waals surface area contributed by atoms with Gasteiger partial charge in [-0.1, -0.05) is 12.1 Å². The predicted octanol–water partition coefficient (Wildman–Crippen LogP) is 3.16. The van der Waals surface area contributed by atoms with Gasteiger partial charge in [-0.25, -0.2) is 9.18 Å². The van der Waals surface area contributed by atoms with Crippen LogP contribution in [0.4, 0.5) is 20.6 Å². The van der Waals surface area contributed by atoms with Gasteiger partial charge in [0, 0.05) is 31.2 Å². The fourth-order valence-corrected chi connectivity index (χ4v) is 2.94. The van der Waals surface area contributed by atoms with E-state index in [1.54, 1.807) is 6.92 Å². The van der Waals surface area contributed by atoms with Gasteiger partial charge >= 0.3 is 6.03 Å². The van der Waals surface area contributed by atoms with Crippen molar-refractivity contribution < 1.29 is 14.0 Å². The van der Waals surface area contributed by atoms with Gasteiger partial charge in [-0.3, -0.25) is 4.79 Å². The average molecular weight is 368 g/mol. The monoisotopic (exact) mass is 368 g/mol. The van der Waals surface area contributed by atoms with Gasteiger partial charge < -0.3 is 20.9 Å². The van der Waals surface area contributed by atoms with Gasteiger partial charge in [0.2, 0.25) is 0 Å². The molecule has 1 heterocycles. The Bertz CT molecular complexity index is 889. The van der Waals surface area contributed by atoms with Crippen molar-refractivity contribution in [3.63, 3.8) is 0 Å². The molecule has 3 N–H and O–H groups in total. The Hall–Kier alpha value is -3.35. The molecule has 1 atom stereocenters. The second-order valence-corrected chi connectivity index (χ2v) is 6.52. The second-order valence-electron chi connectivity index (χ2n) is 6.52. The number of hydrogen-bond donors (Lipinski definition) is 3. The van der Waals surface area contributed by atoms with Crippen molar-refractivity contribution in [2.45, 2.75) is 13.0 Å². The Balaban J connectivity index is 1.91.